The number of nitrogens with one attached hydrogen (secondary N) is 1. The van der Waals surface area contributed by atoms with Gasteiger partial charge < -0.3 is 9.30 Å². The monoisotopic (exact) mass is 517 g/mol. The number of thiophene rings is 1. The molecule has 0 bridgehead atoms. The average Bonchev–Trinajstić information content (AvgIpc) is 3.38. The predicted octanol–water partition coefficient (Wildman–Crippen LogP) is 4.80. The highest BCUT2D eigenvalue weighted by atomic mass is 32.1. The van der Waals surface area contributed by atoms with Crippen molar-refractivity contribution in [3.63, 3.8) is 0 Å². The number of anilines is 1. The minimum Gasteiger partial charge on any atom is -0.465 e. The van der Waals surface area contributed by atoms with Crippen LogP contribution >= 0.6 is 11.3 Å². The Balaban J connectivity index is 1.59. The van der Waals surface area contributed by atoms with E-state index in [9.17, 15) is 19.2 Å². The first kappa shape index (κ1) is 24.7. The number of aromatic nitrogens is 1. The van der Waals surface area contributed by atoms with E-state index in [2.05, 4.69) is 5.32 Å². The van der Waals surface area contributed by atoms with Crippen LogP contribution < -0.4 is 10.2 Å². The molecule has 0 radical (unpaired) electrons. The molecule has 3 aromatic rings. The standard InChI is InChI=1S/C28H27N3O5S/c1-15-9-11-19(12-10-15)31-25(33)21(24(32)29-28(31)35)14-18-13-16(2)30(17(18)3)26-23(27(34)36-4)20-7-5-6-8-22(20)37-26/h9-14H,5-8H2,1-4H3,(H,29,32,35)/b21-14+. The average molecular weight is 518 g/mol. The molecule has 0 spiro atoms. The van der Waals surface area contributed by atoms with Crippen LogP contribution in [-0.4, -0.2) is 35.5 Å². The third kappa shape index (κ3) is 4.19. The second-order valence-corrected chi connectivity index (χ2v) is 10.4. The lowest BCUT2D eigenvalue weighted by atomic mass is 9.95. The Morgan fingerprint density at radius 1 is 1.05 bits per heavy atom. The Kier molecular flexibility index (Phi) is 6.33. The Hall–Kier alpha value is -3.98. The zero-order chi connectivity index (χ0) is 26.4. The summed E-state index contributed by atoms with van der Waals surface area (Å²) in [7, 11) is 1.39. The number of ether oxygens (including phenoxy) is 1. The maximum Gasteiger partial charge on any atom is 0.341 e. The molecule has 4 amide bonds. The number of barbiturate groups is 1. The van der Waals surface area contributed by atoms with Crippen molar-refractivity contribution in [2.45, 2.75) is 46.5 Å². The summed E-state index contributed by atoms with van der Waals surface area (Å²) in [5.41, 5.74) is 5.13. The van der Waals surface area contributed by atoms with E-state index >= 15 is 0 Å². The number of hydrogen-bond donors (Lipinski definition) is 1. The smallest absolute Gasteiger partial charge is 0.341 e. The van der Waals surface area contributed by atoms with E-state index in [0.29, 0.717) is 16.8 Å². The first-order valence-electron chi connectivity index (χ1n) is 12.1. The molecule has 5 rings (SSSR count). The number of hydrogen-bond acceptors (Lipinski definition) is 6. The third-order valence-electron chi connectivity index (χ3n) is 6.91. The minimum atomic E-state index is -0.784. The van der Waals surface area contributed by atoms with Crippen LogP contribution in [0, 0.1) is 20.8 Å². The highest BCUT2D eigenvalue weighted by Crippen LogP contribution is 2.39. The molecule has 1 N–H and O–H groups in total. The van der Waals surface area contributed by atoms with Gasteiger partial charge in [0.1, 0.15) is 10.6 Å². The lowest BCUT2D eigenvalue weighted by molar-refractivity contribution is -0.122. The van der Waals surface area contributed by atoms with Gasteiger partial charge in [0.2, 0.25) is 0 Å². The van der Waals surface area contributed by atoms with Gasteiger partial charge in [0.15, 0.2) is 0 Å². The Labute approximate surface area is 218 Å². The fraction of sp³-hybridized carbons (Fsp3) is 0.286. The summed E-state index contributed by atoms with van der Waals surface area (Å²) >= 11 is 1.59. The molecule has 1 fully saturated rings. The molecule has 9 heteroatoms. The fourth-order valence-corrected chi connectivity index (χ4v) is 6.50. The number of urea groups is 1. The molecule has 190 valence electrons. The van der Waals surface area contributed by atoms with Crippen molar-refractivity contribution >= 4 is 46.9 Å². The van der Waals surface area contributed by atoms with Crippen molar-refractivity contribution in [2.24, 2.45) is 0 Å². The highest BCUT2D eigenvalue weighted by Gasteiger charge is 2.37. The normalized spacial score (nSPS) is 16.7. The number of amides is 4. The first-order valence-corrected chi connectivity index (χ1v) is 12.9. The van der Waals surface area contributed by atoms with Crippen LogP contribution in [0.3, 0.4) is 0 Å². The molecule has 1 saturated heterocycles. The third-order valence-corrected chi connectivity index (χ3v) is 8.19. The van der Waals surface area contributed by atoms with Gasteiger partial charge in [-0.05, 0) is 81.9 Å². The lowest BCUT2D eigenvalue weighted by Gasteiger charge is -2.26. The van der Waals surface area contributed by atoms with Crippen molar-refractivity contribution in [3.8, 4) is 5.00 Å². The second-order valence-electron chi connectivity index (χ2n) is 9.34. The Morgan fingerprint density at radius 3 is 2.46 bits per heavy atom. The van der Waals surface area contributed by atoms with Gasteiger partial charge in [-0.1, -0.05) is 17.7 Å². The molecule has 1 aliphatic carbocycles. The molecule has 0 saturated carbocycles. The summed E-state index contributed by atoms with van der Waals surface area (Å²) in [6, 6.07) is 8.01. The van der Waals surface area contributed by atoms with E-state index in [-0.39, 0.29) is 11.5 Å². The number of imide groups is 2. The summed E-state index contributed by atoms with van der Waals surface area (Å²) in [6.07, 6.45) is 5.39. The summed E-state index contributed by atoms with van der Waals surface area (Å²) in [5, 5.41) is 3.06. The molecule has 0 unspecified atom stereocenters. The van der Waals surface area contributed by atoms with Crippen LogP contribution in [0.25, 0.3) is 11.1 Å². The van der Waals surface area contributed by atoms with Gasteiger partial charge in [0, 0.05) is 16.3 Å². The van der Waals surface area contributed by atoms with Gasteiger partial charge in [0.25, 0.3) is 11.8 Å². The number of rotatable bonds is 4. The van der Waals surface area contributed by atoms with Crippen LogP contribution in [0.5, 0.6) is 0 Å². The lowest BCUT2D eigenvalue weighted by Crippen LogP contribution is -2.54. The summed E-state index contributed by atoms with van der Waals surface area (Å²) < 4.78 is 7.12. The van der Waals surface area contributed by atoms with Crippen LogP contribution in [-0.2, 0) is 27.2 Å². The predicted molar refractivity (Wildman–Crippen MR) is 141 cm³/mol. The molecular formula is C28H27N3O5S. The fourth-order valence-electron chi connectivity index (χ4n) is 5.01. The second kappa shape index (κ2) is 9.48. The molecular weight excluding hydrogens is 490 g/mol. The number of methoxy groups -OCH3 is 1. The van der Waals surface area contributed by atoms with E-state index in [1.807, 2.05) is 31.4 Å². The number of carbonyl (C=O) groups excluding carboxylic acids is 4. The molecule has 37 heavy (non-hydrogen) atoms. The van der Waals surface area contributed by atoms with E-state index in [4.69, 9.17) is 4.74 Å². The zero-order valence-corrected chi connectivity index (χ0v) is 22.0. The highest BCUT2D eigenvalue weighted by molar-refractivity contribution is 7.15. The molecule has 0 atom stereocenters. The van der Waals surface area contributed by atoms with Crippen molar-refractivity contribution < 1.29 is 23.9 Å². The minimum absolute atomic E-state index is 0.140. The molecule has 2 aliphatic rings. The van der Waals surface area contributed by atoms with Crippen molar-refractivity contribution in [1.29, 1.82) is 0 Å². The number of benzene rings is 1. The largest absolute Gasteiger partial charge is 0.465 e. The molecule has 2 aromatic heterocycles. The van der Waals surface area contributed by atoms with Gasteiger partial charge in [-0.15, -0.1) is 11.3 Å². The van der Waals surface area contributed by atoms with Crippen molar-refractivity contribution in [1.82, 2.24) is 9.88 Å². The van der Waals surface area contributed by atoms with Crippen LogP contribution in [0.15, 0.2) is 35.9 Å². The van der Waals surface area contributed by atoms with Crippen molar-refractivity contribution in [3.05, 3.63) is 74.4 Å². The van der Waals surface area contributed by atoms with Gasteiger partial charge in [0.05, 0.1) is 18.4 Å². The van der Waals surface area contributed by atoms with E-state index in [1.165, 1.54) is 18.1 Å². The number of fused-ring (bicyclic) bond motifs is 1. The van der Waals surface area contributed by atoms with E-state index < -0.39 is 17.8 Å². The molecule has 1 aromatic carbocycles. The maximum atomic E-state index is 13.3. The van der Waals surface area contributed by atoms with Gasteiger partial charge in [-0.3, -0.25) is 14.9 Å². The summed E-state index contributed by atoms with van der Waals surface area (Å²) in [5.74, 6) is -1.80. The number of carbonyl (C=O) groups is 4. The summed E-state index contributed by atoms with van der Waals surface area (Å²) in [6.45, 7) is 5.70. The topological polar surface area (TPSA) is 97.7 Å². The SMILES string of the molecule is COC(=O)c1c(-n2c(C)cc(/C=C3\C(=O)NC(=O)N(c4ccc(C)cc4)C3=O)c2C)sc2c1CCCC2. The van der Waals surface area contributed by atoms with Gasteiger partial charge >= 0.3 is 12.0 Å². The molecule has 3 heterocycles. The summed E-state index contributed by atoms with van der Waals surface area (Å²) in [4.78, 5) is 53.6. The quantitative estimate of drug-likeness (QED) is 0.305. The number of nitrogens with zero attached hydrogens (tertiary/aromatic N) is 2. The van der Waals surface area contributed by atoms with Gasteiger partial charge in [-0.2, -0.15) is 0 Å². The number of aryl methyl sites for hydroxylation is 3. The van der Waals surface area contributed by atoms with Crippen LogP contribution in [0.4, 0.5) is 10.5 Å². The van der Waals surface area contributed by atoms with Crippen LogP contribution in [0.2, 0.25) is 0 Å². The maximum absolute atomic E-state index is 13.3. The Morgan fingerprint density at radius 2 is 1.76 bits per heavy atom. The van der Waals surface area contributed by atoms with Crippen molar-refractivity contribution in [2.75, 3.05) is 12.0 Å². The Bertz CT molecular complexity index is 1490. The van der Waals surface area contributed by atoms with Gasteiger partial charge in [-0.25, -0.2) is 14.5 Å². The molecule has 8 nitrogen and oxygen atoms in total. The zero-order valence-electron chi connectivity index (χ0n) is 21.1. The number of esters is 1. The molecule has 1 aliphatic heterocycles. The van der Waals surface area contributed by atoms with E-state index in [0.717, 1.165) is 58.1 Å². The van der Waals surface area contributed by atoms with Crippen LogP contribution in [0.1, 0.15) is 56.2 Å². The first-order chi connectivity index (χ1) is 17.7. The van der Waals surface area contributed by atoms with E-state index in [1.54, 1.807) is 35.6 Å².